The topological polar surface area (TPSA) is 24.5 Å². The Morgan fingerprint density at radius 3 is 2.69 bits per heavy atom. The summed E-state index contributed by atoms with van der Waals surface area (Å²) >= 11 is 11.1. The van der Waals surface area contributed by atoms with Crippen molar-refractivity contribution in [1.82, 2.24) is 5.32 Å². The van der Waals surface area contributed by atoms with Crippen LogP contribution in [0.25, 0.3) is 0 Å². The normalized spacial score (nSPS) is 16.6. The van der Waals surface area contributed by atoms with Crippen LogP contribution in [0.15, 0.2) is 24.3 Å². The number of nitrogens with one attached hydrogen (secondary N) is 1. The van der Waals surface area contributed by atoms with Gasteiger partial charge in [-0.1, -0.05) is 29.3 Å². The molecule has 0 saturated carbocycles. The van der Waals surface area contributed by atoms with Crippen molar-refractivity contribution in [2.45, 2.75) is 5.02 Å². The van der Waals surface area contributed by atoms with Gasteiger partial charge in [0.25, 0.3) is 0 Å². The average Bonchev–Trinajstić information content (AvgIpc) is 2.30. The molecule has 0 atom stereocenters. The molecule has 1 aliphatic rings. The van der Waals surface area contributed by atoms with Crippen molar-refractivity contribution < 1.29 is 4.74 Å². The zero-order valence-electron chi connectivity index (χ0n) is 8.83. The minimum Gasteiger partial charge on any atom is -0.461 e. The Hall–Kier alpha value is -0.640. The number of anilines is 1. The smallest absolute Gasteiger partial charge is 0.247 e. The SMILES string of the molecule is ClC(Cl)Oc1cccc(N2CCNCC2)c1. The van der Waals surface area contributed by atoms with Crippen LogP contribution in [0.5, 0.6) is 5.75 Å². The van der Waals surface area contributed by atoms with Crippen LogP contribution in [0, 0.1) is 0 Å². The summed E-state index contributed by atoms with van der Waals surface area (Å²) in [5.74, 6) is 0.700. The maximum Gasteiger partial charge on any atom is 0.247 e. The Morgan fingerprint density at radius 1 is 1.25 bits per heavy atom. The first-order chi connectivity index (χ1) is 7.75. The van der Waals surface area contributed by atoms with E-state index in [0.29, 0.717) is 5.75 Å². The zero-order chi connectivity index (χ0) is 11.4. The highest BCUT2D eigenvalue weighted by molar-refractivity contribution is 6.43. The van der Waals surface area contributed by atoms with Crippen molar-refractivity contribution in [2.75, 3.05) is 31.1 Å². The molecule has 1 aromatic rings. The molecule has 1 saturated heterocycles. The molecule has 1 fully saturated rings. The lowest BCUT2D eigenvalue weighted by atomic mass is 10.2. The summed E-state index contributed by atoms with van der Waals surface area (Å²) < 4.78 is 5.23. The highest BCUT2D eigenvalue weighted by Crippen LogP contribution is 2.23. The van der Waals surface area contributed by atoms with Gasteiger partial charge in [-0.25, -0.2) is 0 Å². The van der Waals surface area contributed by atoms with E-state index >= 15 is 0 Å². The molecule has 0 unspecified atom stereocenters. The fraction of sp³-hybridized carbons (Fsp3) is 0.455. The Balaban J connectivity index is 2.08. The van der Waals surface area contributed by atoms with E-state index in [1.807, 2.05) is 18.2 Å². The second-order valence-electron chi connectivity index (χ2n) is 3.61. The predicted octanol–water partition coefficient (Wildman–Crippen LogP) is 2.24. The highest BCUT2D eigenvalue weighted by atomic mass is 35.5. The molecule has 0 aliphatic carbocycles. The van der Waals surface area contributed by atoms with Crippen molar-refractivity contribution >= 4 is 28.9 Å². The Bertz CT molecular complexity index is 341. The fourth-order valence-electron chi connectivity index (χ4n) is 1.78. The van der Waals surface area contributed by atoms with E-state index < -0.39 is 5.02 Å². The van der Waals surface area contributed by atoms with E-state index in [1.54, 1.807) is 0 Å². The van der Waals surface area contributed by atoms with Gasteiger partial charge in [0, 0.05) is 37.9 Å². The average molecular weight is 261 g/mol. The van der Waals surface area contributed by atoms with Crippen LogP contribution in [0.3, 0.4) is 0 Å². The minimum atomic E-state index is -0.821. The Labute approximate surface area is 105 Å². The standard InChI is InChI=1S/C11H14Cl2N2O/c12-11(13)16-10-3-1-2-9(8-10)15-6-4-14-5-7-15/h1-3,8,11,14H,4-7H2. The molecule has 1 heterocycles. The van der Waals surface area contributed by atoms with Gasteiger partial charge in [-0.15, -0.1) is 0 Å². The van der Waals surface area contributed by atoms with Gasteiger partial charge in [0.2, 0.25) is 5.02 Å². The summed E-state index contributed by atoms with van der Waals surface area (Å²) in [6.45, 7) is 4.04. The van der Waals surface area contributed by atoms with Crippen molar-refractivity contribution in [3.8, 4) is 5.75 Å². The van der Waals surface area contributed by atoms with Gasteiger partial charge in [0.15, 0.2) is 0 Å². The number of ether oxygens (including phenoxy) is 1. The maximum absolute atomic E-state index is 5.57. The molecule has 1 aliphatic heterocycles. The molecule has 0 radical (unpaired) electrons. The van der Waals surface area contributed by atoms with E-state index in [-0.39, 0.29) is 0 Å². The van der Waals surface area contributed by atoms with Crippen LogP contribution >= 0.6 is 23.2 Å². The molecule has 88 valence electrons. The molecule has 0 bridgehead atoms. The summed E-state index contributed by atoms with van der Waals surface area (Å²) in [7, 11) is 0. The molecule has 2 rings (SSSR count). The Kier molecular flexibility index (Phi) is 4.16. The second kappa shape index (κ2) is 5.62. The van der Waals surface area contributed by atoms with Crippen LogP contribution < -0.4 is 15.0 Å². The number of halogens is 2. The minimum absolute atomic E-state index is 0.700. The summed E-state index contributed by atoms with van der Waals surface area (Å²) in [4.78, 5) is 2.31. The molecule has 1 aromatic carbocycles. The van der Waals surface area contributed by atoms with Gasteiger partial charge in [-0.05, 0) is 12.1 Å². The monoisotopic (exact) mass is 260 g/mol. The van der Waals surface area contributed by atoms with E-state index in [1.165, 1.54) is 0 Å². The molecular formula is C11H14Cl2N2O. The number of hydrogen-bond acceptors (Lipinski definition) is 3. The van der Waals surface area contributed by atoms with Crippen molar-refractivity contribution in [1.29, 1.82) is 0 Å². The van der Waals surface area contributed by atoms with Crippen molar-refractivity contribution in [3.63, 3.8) is 0 Å². The number of rotatable bonds is 3. The third-order valence-electron chi connectivity index (χ3n) is 2.52. The lowest BCUT2D eigenvalue weighted by Gasteiger charge is -2.29. The van der Waals surface area contributed by atoms with Crippen molar-refractivity contribution in [3.05, 3.63) is 24.3 Å². The highest BCUT2D eigenvalue weighted by Gasteiger charge is 2.11. The zero-order valence-corrected chi connectivity index (χ0v) is 10.3. The van der Waals surface area contributed by atoms with Crippen LogP contribution in [-0.4, -0.2) is 31.2 Å². The predicted molar refractivity (Wildman–Crippen MR) is 67.6 cm³/mol. The first kappa shape index (κ1) is 11.8. The third kappa shape index (κ3) is 3.17. The molecule has 0 spiro atoms. The van der Waals surface area contributed by atoms with E-state index in [9.17, 15) is 0 Å². The van der Waals surface area contributed by atoms with Crippen LogP contribution in [0.2, 0.25) is 0 Å². The van der Waals surface area contributed by atoms with Crippen LogP contribution in [0.4, 0.5) is 5.69 Å². The van der Waals surface area contributed by atoms with Crippen molar-refractivity contribution in [2.24, 2.45) is 0 Å². The number of alkyl halides is 2. The maximum atomic E-state index is 5.57. The van der Waals surface area contributed by atoms with Gasteiger partial charge < -0.3 is 15.0 Å². The number of benzene rings is 1. The summed E-state index contributed by atoms with van der Waals surface area (Å²) in [6.07, 6.45) is 0. The molecule has 0 aromatic heterocycles. The van der Waals surface area contributed by atoms with E-state index in [4.69, 9.17) is 27.9 Å². The number of nitrogens with zero attached hydrogens (tertiary/aromatic N) is 1. The largest absolute Gasteiger partial charge is 0.461 e. The third-order valence-corrected chi connectivity index (χ3v) is 2.70. The summed E-state index contributed by atoms with van der Waals surface area (Å²) in [5, 5.41) is 2.50. The lowest BCUT2D eigenvalue weighted by molar-refractivity contribution is 0.354. The van der Waals surface area contributed by atoms with Gasteiger partial charge in [0.05, 0.1) is 0 Å². The van der Waals surface area contributed by atoms with Gasteiger partial charge in [0.1, 0.15) is 5.75 Å². The first-order valence-electron chi connectivity index (χ1n) is 5.26. The molecule has 3 nitrogen and oxygen atoms in total. The van der Waals surface area contributed by atoms with Gasteiger partial charge in [-0.3, -0.25) is 0 Å². The first-order valence-corrected chi connectivity index (χ1v) is 6.13. The fourth-order valence-corrected chi connectivity index (χ4v) is 1.99. The number of hydrogen-bond donors (Lipinski definition) is 1. The lowest BCUT2D eigenvalue weighted by Crippen LogP contribution is -2.43. The molecule has 16 heavy (non-hydrogen) atoms. The second-order valence-corrected chi connectivity index (χ2v) is 4.63. The molecule has 0 amide bonds. The van der Waals surface area contributed by atoms with E-state index in [2.05, 4.69) is 16.3 Å². The van der Waals surface area contributed by atoms with Gasteiger partial charge >= 0.3 is 0 Å². The van der Waals surface area contributed by atoms with Crippen LogP contribution in [-0.2, 0) is 0 Å². The Morgan fingerprint density at radius 2 is 2.00 bits per heavy atom. The van der Waals surface area contributed by atoms with E-state index in [0.717, 1.165) is 31.9 Å². The quantitative estimate of drug-likeness (QED) is 0.844. The number of piperazine rings is 1. The molecular weight excluding hydrogens is 247 g/mol. The van der Waals surface area contributed by atoms with Crippen LogP contribution in [0.1, 0.15) is 0 Å². The van der Waals surface area contributed by atoms with Gasteiger partial charge in [-0.2, -0.15) is 0 Å². The summed E-state index contributed by atoms with van der Waals surface area (Å²) in [6, 6.07) is 7.82. The summed E-state index contributed by atoms with van der Waals surface area (Å²) in [5.41, 5.74) is 1.15. The molecule has 5 heteroatoms. The molecule has 1 N–H and O–H groups in total.